The molecule has 6 nitrogen and oxygen atoms in total. The van der Waals surface area contributed by atoms with Crippen molar-refractivity contribution in [3.63, 3.8) is 0 Å². The molecular formula is C27H25N3O3. The van der Waals surface area contributed by atoms with E-state index in [0.717, 1.165) is 22.4 Å². The van der Waals surface area contributed by atoms with Crippen LogP contribution in [0.2, 0.25) is 0 Å². The molecule has 2 amide bonds. The van der Waals surface area contributed by atoms with Gasteiger partial charge in [-0.05, 0) is 37.1 Å². The third kappa shape index (κ3) is 4.85. The minimum absolute atomic E-state index is 0.0816. The number of oxazole rings is 1. The predicted molar refractivity (Wildman–Crippen MR) is 129 cm³/mol. The maximum Gasteiger partial charge on any atom is 0.254 e. The van der Waals surface area contributed by atoms with E-state index < -0.39 is 0 Å². The Morgan fingerprint density at radius 1 is 0.909 bits per heavy atom. The van der Waals surface area contributed by atoms with Gasteiger partial charge in [0.2, 0.25) is 11.8 Å². The summed E-state index contributed by atoms with van der Waals surface area (Å²) in [5.74, 6) is 0.422. The predicted octanol–water partition coefficient (Wildman–Crippen LogP) is 5.34. The molecule has 0 spiro atoms. The first-order valence-corrected chi connectivity index (χ1v) is 10.7. The number of aryl methyl sites for hydroxylation is 2. The molecule has 33 heavy (non-hydrogen) atoms. The van der Waals surface area contributed by atoms with Crippen molar-refractivity contribution >= 4 is 17.5 Å². The molecule has 4 rings (SSSR count). The van der Waals surface area contributed by atoms with Crippen LogP contribution in [0.1, 0.15) is 21.5 Å². The number of carbonyl (C=O) groups is 2. The second-order valence-corrected chi connectivity index (χ2v) is 7.92. The number of carbonyl (C=O) groups excluding carboxylic acids is 2. The summed E-state index contributed by atoms with van der Waals surface area (Å²) in [7, 11) is 1.61. The molecule has 4 aromatic rings. The lowest BCUT2D eigenvalue weighted by Crippen LogP contribution is -2.35. The number of hydrogen-bond acceptors (Lipinski definition) is 4. The van der Waals surface area contributed by atoms with Crippen LogP contribution in [-0.2, 0) is 4.79 Å². The van der Waals surface area contributed by atoms with Gasteiger partial charge in [0.05, 0.1) is 18.3 Å². The van der Waals surface area contributed by atoms with Crippen LogP contribution in [0, 0.1) is 13.8 Å². The highest BCUT2D eigenvalue weighted by Crippen LogP contribution is 2.28. The maximum atomic E-state index is 13.2. The van der Waals surface area contributed by atoms with E-state index in [1.54, 1.807) is 31.4 Å². The molecule has 166 valence electrons. The number of amides is 2. The van der Waals surface area contributed by atoms with Gasteiger partial charge in [-0.2, -0.15) is 0 Å². The van der Waals surface area contributed by atoms with Crippen LogP contribution >= 0.6 is 0 Å². The largest absolute Gasteiger partial charge is 0.436 e. The van der Waals surface area contributed by atoms with Gasteiger partial charge >= 0.3 is 0 Å². The fourth-order valence-electron chi connectivity index (χ4n) is 3.67. The van der Waals surface area contributed by atoms with E-state index >= 15 is 0 Å². The topological polar surface area (TPSA) is 75.4 Å². The molecule has 0 aliphatic carbocycles. The van der Waals surface area contributed by atoms with Crippen molar-refractivity contribution < 1.29 is 14.0 Å². The maximum absolute atomic E-state index is 13.2. The van der Waals surface area contributed by atoms with Gasteiger partial charge in [0.25, 0.3) is 5.91 Å². The molecule has 0 saturated heterocycles. The van der Waals surface area contributed by atoms with E-state index in [-0.39, 0.29) is 18.4 Å². The molecule has 1 aromatic heterocycles. The first-order valence-electron chi connectivity index (χ1n) is 10.7. The standard InChI is InChI=1S/C27H25N3O3/c1-18-10-9-11-19(2)25(18)29-24(31)17-30(3)27(32)22-15-8-7-14-21(22)26-28-16-23(33-26)20-12-5-4-6-13-20/h4-16H,17H2,1-3H3,(H,29,31). The van der Waals surface area contributed by atoms with Crippen LogP contribution in [0.5, 0.6) is 0 Å². The van der Waals surface area contributed by atoms with Gasteiger partial charge in [-0.25, -0.2) is 4.98 Å². The first-order chi connectivity index (χ1) is 15.9. The lowest BCUT2D eigenvalue weighted by molar-refractivity contribution is -0.116. The van der Waals surface area contributed by atoms with E-state index in [1.165, 1.54) is 4.90 Å². The Kier molecular flexibility index (Phi) is 6.36. The zero-order valence-electron chi connectivity index (χ0n) is 18.8. The normalized spacial score (nSPS) is 10.6. The minimum atomic E-state index is -0.290. The average molecular weight is 440 g/mol. The molecule has 1 N–H and O–H groups in total. The van der Waals surface area contributed by atoms with E-state index in [9.17, 15) is 9.59 Å². The molecule has 0 aliphatic rings. The Morgan fingerprint density at radius 2 is 1.58 bits per heavy atom. The van der Waals surface area contributed by atoms with Crippen molar-refractivity contribution in [2.75, 3.05) is 18.9 Å². The second-order valence-electron chi connectivity index (χ2n) is 7.92. The fraction of sp³-hybridized carbons (Fsp3) is 0.148. The van der Waals surface area contributed by atoms with Gasteiger partial charge in [0, 0.05) is 23.9 Å². The molecule has 0 aliphatic heterocycles. The number of hydrogen-bond donors (Lipinski definition) is 1. The summed E-state index contributed by atoms with van der Waals surface area (Å²) in [5, 5.41) is 2.92. The highest BCUT2D eigenvalue weighted by atomic mass is 16.4. The SMILES string of the molecule is Cc1cccc(C)c1NC(=O)CN(C)C(=O)c1ccccc1-c1ncc(-c2ccccc2)o1. The summed E-state index contributed by atoms with van der Waals surface area (Å²) in [6.45, 7) is 3.80. The molecular weight excluding hydrogens is 414 g/mol. The van der Waals surface area contributed by atoms with Gasteiger partial charge < -0.3 is 14.6 Å². The van der Waals surface area contributed by atoms with Crippen LogP contribution in [0.3, 0.4) is 0 Å². The Morgan fingerprint density at radius 3 is 2.30 bits per heavy atom. The number of nitrogens with one attached hydrogen (secondary N) is 1. The quantitative estimate of drug-likeness (QED) is 0.440. The Bertz CT molecular complexity index is 1270. The number of para-hydroxylation sites is 1. The lowest BCUT2D eigenvalue weighted by atomic mass is 10.1. The van der Waals surface area contributed by atoms with E-state index in [2.05, 4.69) is 10.3 Å². The molecule has 0 fully saturated rings. The van der Waals surface area contributed by atoms with Crippen molar-refractivity contribution in [1.29, 1.82) is 0 Å². The summed E-state index contributed by atoms with van der Waals surface area (Å²) in [6.07, 6.45) is 1.65. The molecule has 1 heterocycles. The smallest absolute Gasteiger partial charge is 0.254 e. The Hall–Kier alpha value is -4.19. The Balaban J connectivity index is 1.52. The third-order valence-corrected chi connectivity index (χ3v) is 5.42. The average Bonchev–Trinajstić information content (AvgIpc) is 3.32. The van der Waals surface area contributed by atoms with Crippen molar-refractivity contribution in [2.45, 2.75) is 13.8 Å². The summed E-state index contributed by atoms with van der Waals surface area (Å²) >= 11 is 0. The highest BCUT2D eigenvalue weighted by Gasteiger charge is 2.21. The minimum Gasteiger partial charge on any atom is -0.436 e. The first kappa shape index (κ1) is 22.0. The molecule has 0 bridgehead atoms. The molecule has 0 radical (unpaired) electrons. The van der Waals surface area contributed by atoms with Crippen molar-refractivity contribution in [3.05, 3.63) is 95.7 Å². The van der Waals surface area contributed by atoms with E-state index in [4.69, 9.17) is 4.42 Å². The van der Waals surface area contributed by atoms with Gasteiger partial charge in [-0.3, -0.25) is 9.59 Å². The number of benzene rings is 3. The summed E-state index contributed by atoms with van der Waals surface area (Å²) in [5.41, 5.74) is 4.62. The highest BCUT2D eigenvalue weighted by molar-refractivity contribution is 6.03. The Labute approximate surface area is 192 Å². The van der Waals surface area contributed by atoms with Gasteiger partial charge in [-0.15, -0.1) is 0 Å². The summed E-state index contributed by atoms with van der Waals surface area (Å²) in [6, 6.07) is 22.6. The number of likely N-dealkylation sites (N-methyl/N-ethyl adjacent to an activating group) is 1. The lowest BCUT2D eigenvalue weighted by Gasteiger charge is -2.19. The van der Waals surface area contributed by atoms with Gasteiger partial charge in [-0.1, -0.05) is 60.7 Å². The molecule has 0 saturated carbocycles. The zero-order chi connectivity index (χ0) is 23.4. The summed E-state index contributed by atoms with van der Waals surface area (Å²) < 4.78 is 5.95. The van der Waals surface area contributed by atoms with Crippen molar-refractivity contribution in [1.82, 2.24) is 9.88 Å². The van der Waals surface area contributed by atoms with Gasteiger partial charge in [0.1, 0.15) is 0 Å². The number of anilines is 1. The van der Waals surface area contributed by atoms with Crippen LogP contribution in [-0.4, -0.2) is 35.3 Å². The third-order valence-electron chi connectivity index (χ3n) is 5.42. The number of aromatic nitrogens is 1. The molecule has 0 atom stereocenters. The van der Waals surface area contributed by atoms with Gasteiger partial charge in [0.15, 0.2) is 5.76 Å². The van der Waals surface area contributed by atoms with Crippen molar-refractivity contribution in [3.8, 4) is 22.8 Å². The van der Waals surface area contributed by atoms with Crippen LogP contribution in [0.25, 0.3) is 22.8 Å². The second kappa shape index (κ2) is 9.53. The van der Waals surface area contributed by atoms with E-state index in [1.807, 2.05) is 68.4 Å². The monoisotopic (exact) mass is 439 g/mol. The zero-order valence-corrected chi connectivity index (χ0v) is 18.8. The molecule has 3 aromatic carbocycles. The van der Waals surface area contributed by atoms with Crippen LogP contribution in [0.15, 0.2) is 83.4 Å². The number of rotatable bonds is 6. The van der Waals surface area contributed by atoms with Crippen LogP contribution in [0.4, 0.5) is 5.69 Å². The number of nitrogens with zero attached hydrogens (tertiary/aromatic N) is 2. The summed E-state index contributed by atoms with van der Waals surface area (Å²) in [4.78, 5) is 31.6. The van der Waals surface area contributed by atoms with E-state index in [0.29, 0.717) is 22.8 Å². The van der Waals surface area contributed by atoms with Crippen molar-refractivity contribution in [2.24, 2.45) is 0 Å². The fourth-order valence-corrected chi connectivity index (χ4v) is 3.67. The van der Waals surface area contributed by atoms with Crippen LogP contribution < -0.4 is 5.32 Å². The molecule has 6 heteroatoms. The molecule has 0 unspecified atom stereocenters.